The summed E-state index contributed by atoms with van der Waals surface area (Å²) in [5.74, 6) is -0.371. The molecule has 1 aromatic rings. The number of nitrogens with two attached hydrogens (primary N) is 1. The molecule has 2 rings (SSSR count). The molecule has 2 N–H and O–H groups in total. The summed E-state index contributed by atoms with van der Waals surface area (Å²) in [5, 5.41) is 0.301. The van der Waals surface area contributed by atoms with Crippen molar-refractivity contribution in [3.8, 4) is 0 Å². The molecule has 1 heterocycles. The molecule has 2 amide bonds. The normalized spacial score (nSPS) is 14.4. The van der Waals surface area contributed by atoms with Crippen LogP contribution in [0, 0.1) is 0 Å². The van der Waals surface area contributed by atoms with Crippen molar-refractivity contribution in [2.75, 3.05) is 32.4 Å². The van der Waals surface area contributed by atoms with Gasteiger partial charge in [0.05, 0.1) is 17.1 Å². The Kier molecular flexibility index (Phi) is 4.49. The Balaban J connectivity index is 2.07. The molecule has 0 atom stereocenters. The van der Waals surface area contributed by atoms with Crippen LogP contribution < -0.4 is 5.73 Å². The second-order valence-electron chi connectivity index (χ2n) is 4.95. The summed E-state index contributed by atoms with van der Waals surface area (Å²) in [7, 11) is 1.58. The summed E-state index contributed by atoms with van der Waals surface area (Å²) >= 11 is 6.01. The average molecular weight is 296 g/mol. The van der Waals surface area contributed by atoms with Gasteiger partial charge in [0.1, 0.15) is 0 Å². The zero-order chi connectivity index (χ0) is 14.7. The van der Waals surface area contributed by atoms with Gasteiger partial charge in [0.2, 0.25) is 5.91 Å². The van der Waals surface area contributed by atoms with Crippen LogP contribution >= 0.6 is 11.6 Å². The first kappa shape index (κ1) is 14.7. The molecule has 108 valence electrons. The molecule has 0 radical (unpaired) electrons. The number of nitrogen functional groups attached to an aromatic ring is 1. The van der Waals surface area contributed by atoms with E-state index in [1.54, 1.807) is 30.1 Å². The number of hydrogen-bond acceptors (Lipinski definition) is 3. The van der Waals surface area contributed by atoms with Crippen molar-refractivity contribution in [2.45, 2.75) is 12.8 Å². The maximum atomic E-state index is 12.3. The first-order valence-electron chi connectivity index (χ1n) is 6.58. The quantitative estimate of drug-likeness (QED) is 0.862. The Morgan fingerprint density at radius 1 is 1.35 bits per heavy atom. The number of anilines is 1. The number of likely N-dealkylation sites (tertiary alicyclic amines) is 1. The highest BCUT2D eigenvalue weighted by Crippen LogP contribution is 2.23. The molecule has 20 heavy (non-hydrogen) atoms. The van der Waals surface area contributed by atoms with E-state index in [1.165, 1.54) is 4.90 Å². The number of carbonyl (C=O) groups is 2. The zero-order valence-corrected chi connectivity index (χ0v) is 12.2. The molecule has 0 spiro atoms. The lowest BCUT2D eigenvalue weighted by atomic mass is 10.1. The van der Waals surface area contributed by atoms with E-state index in [2.05, 4.69) is 0 Å². The van der Waals surface area contributed by atoms with Gasteiger partial charge in [0.25, 0.3) is 5.91 Å². The summed E-state index contributed by atoms with van der Waals surface area (Å²) in [6.45, 7) is 1.59. The molecule has 5 nitrogen and oxygen atoms in total. The maximum Gasteiger partial charge on any atom is 0.257 e. The third-order valence-electron chi connectivity index (χ3n) is 3.44. The average Bonchev–Trinajstić information content (AvgIpc) is 2.92. The van der Waals surface area contributed by atoms with E-state index in [0.717, 1.165) is 25.9 Å². The van der Waals surface area contributed by atoms with Gasteiger partial charge in [-0.2, -0.15) is 0 Å². The molecule has 0 aromatic heterocycles. The van der Waals surface area contributed by atoms with E-state index in [1.807, 2.05) is 0 Å². The van der Waals surface area contributed by atoms with Crippen LogP contribution in [0.3, 0.4) is 0 Å². The highest BCUT2D eigenvalue weighted by Gasteiger charge is 2.23. The fourth-order valence-corrected chi connectivity index (χ4v) is 2.56. The van der Waals surface area contributed by atoms with Gasteiger partial charge in [-0.05, 0) is 25.0 Å². The van der Waals surface area contributed by atoms with Gasteiger partial charge < -0.3 is 15.5 Å². The Labute approximate surface area is 123 Å². The molecule has 1 saturated heterocycles. The summed E-state index contributed by atoms with van der Waals surface area (Å²) in [6, 6.07) is 4.92. The fraction of sp³-hybridized carbons (Fsp3) is 0.429. The van der Waals surface area contributed by atoms with E-state index in [9.17, 15) is 9.59 Å². The molecule has 1 fully saturated rings. The number of halogens is 1. The minimum Gasteiger partial charge on any atom is -0.398 e. The lowest BCUT2D eigenvalue weighted by Crippen LogP contribution is -2.40. The monoisotopic (exact) mass is 295 g/mol. The summed E-state index contributed by atoms with van der Waals surface area (Å²) in [5.41, 5.74) is 6.36. The van der Waals surface area contributed by atoms with Crippen LogP contribution in [0.4, 0.5) is 5.69 Å². The minimum absolute atomic E-state index is 0.0380. The van der Waals surface area contributed by atoms with Crippen LogP contribution in [0.1, 0.15) is 23.2 Å². The first-order chi connectivity index (χ1) is 9.50. The Hall–Kier alpha value is -1.75. The summed E-state index contributed by atoms with van der Waals surface area (Å²) in [6.07, 6.45) is 2.06. The number of likely N-dealkylation sites (N-methyl/N-ethyl adjacent to an activating group) is 1. The molecule has 1 aromatic carbocycles. The molecule has 6 heteroatoms. The number of benzene rings is 1. The Morgan fingerprint density at radius 3 is 2.60 bits per heavy atom. The number of nitrogens with zero attached hydrogens (tertiary/aromatic N) is 2. The van der Waals surface area contributed by atoms with Crippen molar-refractivity contribution in [3.05, 3.63) is 28.8 Å². The fourth-order valence-electron chi connectivity index (χ4n) is 2.30. The molecule has 1 aliphatic rings. The van der Waals surface area contributed by atoms with Gasteiger partial charge in [0.15, 0.2) is 0 Å². The zero-order valence-electron chi connectivity index (χ0n) is 11.4. The van der Waals surface area contributed by atoms with Crippen LogP contribution in [0.15, 0.2) is 18.2 Å². The standard InChI is InChI=1S/C14H18ClN3O2/c1-17(9-12(19)18-7-2-3-8-18)14(20)13-10(15)5-4-6-11(13)16/h4-6H,2-3,7-9,16H2,1H3. The Bertz CT molecular complexity index is 507. The maximum absolute atomic E-state index is 12.3. The van der Waals surface area contributed by atoms with Crippen LogP contribution in [-0.2, 0) is 4.79 Å². The number of amides is 2. The number of hydrogen-bond donors (Lipinski definition) is 1. The molecule has 0 bridgehead atoms. The molecular weight excluding hydrogens is 278 g/mol. The first-order valence-corrected chi connectivity index (χ1v) is 6.95. The molecule has 0 unspecified atom stereocenters. The van der Waals surface area contributed by atoms with Crippen molar-refractivity contribution in [1.29, 1.82) is 0 Å². The SMILES string of the molecule is CN(CC(=O)N1CCCC1)C(=O)c1c(N)cccc1Cl. The van der Waals surface area contributed by atoms with Gasteiger partial charge in [-0.15, -0.1) is 0 Å². The predicted octanol–water partition coefficient (Wildman–Crippen LogP) is 1.62. The van der Waals surface area contributed by atoms with E-state index in [4.69, 9.17) is 17.3 Å². The van der Waals surface area contributed by atoms with E-state index in [0.29, 0.717) is 10.7 Å². The topological polar surface area (TPSA) is 66.6 Å². The number of rotatable bonds is 3. The van der Waals surface area contributed by atoms with Gasteiger partial charge in [0, 0.05) is 25.8 Å². The molecule has 0 saturated carbocycles. The van der Waals surface area contributed by atoms with Crippen molar-refractivity contribution in [1.82, 2.24) is 9.80 Å². The Morgan fingerprint density at radius 2 is 2.00 bits per heavy atom. The second kappa shape index (κ2) is 6.13. The van der Waals surface area contributed by atoms with Crippen molar-refractivity contribution >= 4 is 29.1 Å². The van der Waals surface area contributed by atoms with Crippen LogP contribution in [-0.4, -0.2) is 48.3 Å². The van der Waals surface area contributed by atoms with E-state index >= 15 is 0 Å². The molecule has 1 aliphatic heterocycles. The van der Waals surface area contributed by atoms with Gasteiger partial charge in [-0.3, -0.25) is 9.59 Å². The molecular formula is C14H18ClN3O2. The van der Waals surface area contributed by atoms with Crippen molar-refractivity contribution < 1.29 is 9.59 Å². The van der Waals surface area contributed by atoms with E-state index in [-0.39, 0.29) is 23.9 Å². The van der Waals surface area contributed by atoms with Crippen molar-refractivity contribution in [2.24, 2.45) is 0 Å². The third-order valence-corrected chi connectivity index (χ3v) is 3.75. The van der Waals surface area contributed by atoms with Crippen LogP contribution in [0.5, 0.6) is 0 Å². The van der Waals surface area contributed by atoms with E-state index < -0.39 is 0 Å². The lowest BCUT2D eigenvalue weighted by Gasteiger charge is -2.22. The minimum atomic E-state index is -0.333. The highest BCUT2D eigenvalue weighted by atomic mass is 35.5. The largest absolute Gasteiger partial charge is 0.398 e. The van der Waals surface area contributed by atoms with Crippen molar-refractivity contribution in [3.63, 3.8) is 0 Å². The van der Waals surface area contributed by atoms with Gasteiger partial charge in [-0.1, -0.05) is 17.7 Å². The number of carbonyl (C=O) groups excluding carboxylic acids is 2. The highest BCUT2D eigenvalue weighted by molar-refractivity contribution is 6.34. The van der Waals surface area contributed by atoms with Gasteiger partial charge >= 0.3 is 0 Å². The molecule has 0 aliphatic carbocycles. The lowest BCUT2D eigenvalue weighted by molar-refractivity contribution is -0.130. The predicted molar refractivity (Wildman–Crippen MR) is 78.6 cm³/mol. The second-order valence-corrected chi connectivity index (χ2v) is 5.36. The van der Waals surface area contributed by atoms with Crippen LogP contribution in [0.25, 0.3) is 0 Å². The van der Waals surface area contributed by atoms with Crippen LogP contribution in [0.2, 0.25) is 5.02 Å². The summed E-state index contributed by atoms with van der Waals surface area (Å²) < 4.78 is 0. The summed E-state index contributed by atoms with van der Waals surface area (Å²) in [4.78, 5) is 27.5. The smallest absolute Gasteiger partial charge is 0.257 e. The third kappa shape index (κ3) is 3.04. The van der Waals surface area contributed by atoms with Gasteiger partial charge in [-0.25, -0.2) is 0 Å².